The van der Waals surface area contributed by atoms with Crippen LogP contribution in [0.4, 0.5) is 4.39 Å². The molecule has 3 rings (SSSR count). The maximum absolute atomic E-state index is 14.6. The Bertz CT molecular complexity index is 1110. The molecule has 0 aliphatic heterocycles. The smallest absolute Gasteiger partial charge is 0.261 e. The number of amides is 2. The summed E-state index contributed by atoms with van der Waals surface area (Å²) in [5.41, 5.74) is 1.22. The van der Waals surface area contributed by atoms with E-state index in [4.69, 9.17) is 16.3 Å². The number of carbonyl (C=O) groups is 2. The lowest BCUT2D eigenvalue weighted by atomic mass is 10.0. The summed E-state index contributed by atoms with van der Waals surface area (Å²) in [5, 5.41) is 3.42. The Kier molecular flexibility index (Phi) is 10.1. The minimum absolute atomic E-state index is 0.0664. The number of carbonyl (C=O) groups excluding carboxylic acids is 2. The summed E-state index contributed by atoms with van der Waals surface area (Å²) in [5.74, 6) is -0.718. The predicted octanol–water partition coefficient (Wildman–Crippen LogP) is 5.41. The van der Waals surface area contributed by atoms with Crippen molar-refractivity contribution in [3.05, 3.63) is 101 Å². The zero-order valence-electron chi connectivity index (χ0n) is 19.8. The normalized spacial score (nSPS) is 11.5. The first-order valence-electron chi connectivity index (χ1n) is 11.7. The summed E-state index contributed by atoms with van der Waals surface area (Å²) in [7, 11) is 0. The number of ether oxygens (including phenoxy) is 1. The van der Waals surface area contributed by atoms with Crippen LogP contribution in [0.2, 0.25) is 5.02 Å². The molecule has 0 aliphatic rings. The molecule has 1 atom stereocenters. The number of nitrogens with one attached hydrogen (secondary N) is 1. The van der Waals surface area contributed by atoms with Gasteiger partial charge in [0.25, 0.3) is 5.91 Å². The molecular formula is C28H30ClFN2O3. The zero-order chi connectivity index (χ0) is 25.0. The molecule has 0 bridgehead atoms. The topological polar surface area (TPSA) is 58.6 Å². The summed E-state index contributed by atoms with van der Waals surface area (Å²) in [6.45, 7) is 2.15. The Balaban J connectivity index is 1.89. The third-order valence-electron chi connectivity index (χ3n) is 5.56. The van der Waals surface area contributed by atoms with E-state index in [1.165, 1.54) is 11.0 Å². The second-order valence-corrected chi connectivity index (χ2v) is 8.65. The molecule has 0 unspecified atom stereocenters. The molecule has 0 saturated carbocycles. The largest absolute Gasteiger partial charge is 0.484 e. The molecule has 0 spiro atoms. The first-order valence-corrected chi connectivity index (χ1v) is 12.1. The molecule has 0 aromatic heterocycles. The lowest BCUT2D eigenvalue weighted by Crippen LogP contribution is -2.52. The SMILES string of the molecule is CCCCNC(=O)[C@@H](Cc1ccccc1)N(Cc1ccccc1F)C(=O)COc1cccc(Cl)c1. The Morgan fingerprint density at radius 1 is 1.03 bits per heavy atom. The van der Waals surface area contributed by atoms with Gasteiger partial charge in [-0.25, -0.2) is 4.39 Å². The molecule has 3 aromatic rings. The van der Waals surface area contributed by atoms with Crippen LogP contribution in [0.5, 0.6) is 5.75 Å². The second-order valence-electron chi connectivity index (χ2n) is 8.21. The fourth-order valence-electron chi connectivity index (χ4n) is 3.66. The molecule has 35 heavy (non-hydrogen) atoms. The van der Waals surface area contributed by atoms with Crippen molar-refractivity contribution in [1.82, 2.24) is 10.2 Å². The van der Waals surface area contributed by atoms with Gasteiger partial charge in [0.1, 0.15) is 17.6 Å². The monoisotopic (exact) mass is 496 g/mol. The van der Waals surface area contributed by atoms with Gasteiger partial charge < -0.3 is 15.0 Å². The highest BCUT2D eigenvalue weighted by Crippen LogP contribution is 2.19. The summed E-state index contributed by atoms with van der Waals surface area (Å²) in [6, 6.07) is 21.6. The van der Waals surface area contributed by atoms with Gasteiger partial charge in [-0.2, -0.15) is 0 Å². The van der Waals surface area contributed by atoms with Crippen molar-refractivity contribution in [2.24, 2.45) is 0 Å². The highest BCUT2D eigenvalue weighted by atomic mass is 35.5. The molecule has 0 saturated heterocycles. The van der Waals surface area contributed by atoms with Crippen molar-refractivity contribution < 1.29 is 18.7 Å². The maximum Gasteiger partial charge on any atom is 0.261 e. The van der Waals surface area contributed by atoms with Crippen molar-refractivity contribution in [3.63, 3.8) is 0 Å². The fourth-order valence-corrected chi connectivity index (χ4v) is 3.84. The lowest BCUT2D eigenvalue weighted by Gasteiger charge is -2.31. The van der Waals surface area contributed by atoms with Crippen molar-refractivity contribution >= 4 is 23.4 Å². The van der Waals surface area contributed by atoms with Crippen LogP contribution in [0.1, 0.15) is 30.9 Å². The summed E-state index contributed by atoms with van der Waals surface area (Å²) < 4.78 is 20.2. The van der Waals surface area contributed by atoms with E-state index >= 15 is 0 Å². The average molecular weight is 497 g/mol. The van der Waals surface area contributed by atoms with E-state index in [1.54, 1.807) is 42.5 Å². The first kappa shape index (κ1) is 26.2. The predicted molar refractivity (Wildman–Crippen MR) is 136 cm³/mol. The fraction of sp³-hybridized carbons (Fsp3) is 0.286. The number of halogens is 2. The van der Waals surface area contributed by atoms with E-state index < -0.39 is 17.8 Å². The van der Waals surface area contributed by atoms with Gasteiger partial charge in [0.2, 0.25) is 5.91 Å². The Labute approximate surface area is 210 Å². The van der Waals surface area contributed by atoms with Crippen LogP contribution in [0.3, 0.4) is 0 Å². The Morgan fingerprint density at radius 3 is 2.49 bits per heavy atom. The van der Waals surface area contributed by atoms with E-state index in [0.29, 0.717) is 22.9 Å². The average Bonchev–Trinajstić information content (AvgIpc) is 2.86. The molecule has 0 aliphatic carbocycles. The van der Waals surface area contributed by atoms with E-state index in [9.17, 15) is 14.0 Å². The Hall–Kier alpha value is -3.38. The molecule has 0 fully saturated rings. The zero-order valence-corrected chi connectivity index (χ0v) is 20.5. The van der Waals surface area contributed by atoms with E-state index in [-0.39, 0.29) is 25.5 Å². The molecule has 1 N–H and O–H groups in total. The first-order chi connectivity index (χ1) is 17.0. The molecule has 3 aromatic carbocycles. The molecule has 184 valence electrons. The van der Waals surface area contributed by atoms with Crippen LogP contribution in [0.25, 0.3) is 0 Å². The van der Waals surface area contributed by atoms with Crippen LogP contribution in [-0.2, 0) is 22.6 Å². The van der Waals surface area contributed by atoms with E-state index in [1.807, 2.05) is 37.3 Å². The molecule has 0 heterocycles. The number of benzene rings is 3. The van der Waals surface area contributed by atoms with Crippen LogP contribution in [0.15, 0.2) is 78.9 Å². The van der Waals surface area contributed by atoms with Gasteiger partial charge in [0, 0.05) is 30.1 Å². The molecule has 5 nitrogen and oxygen atoms in total. The molecule has 7 heteroatoms. The summed E-state index contributed by atoms with van der Waals surface area (Å²) in [6.07, 6.45) is 2.04. The van der Waals surface area contributed by atoms with Gasteiger partial charge in [-0.3, -0.25) is 9.59 Å². The molecular weight excluding hydrogens is 467 g/mol. The highest BCUT2D eigenvalue weighted by molar-refractivity contribution is 6.30. The van der Waals surface area contributed by atoms with Crippen LogP contribution in [0, 0.1) is 5.82 Å². The number of rotatable bonds is 12. The van der Waals surface area contributed by atoms with Gasteiger partial charge in [-0.05, 0) is 36.2 Å². The van der Waals surface area contributed by atoms with Crippen molar-refractivity contribution in [2.45, 2.75) is 38.8 Å². The van der Waals surface area contributed by atoms with Crippen LogP contribution in [-0.4, -0.2) is 35.9 Å². The van der Waals surface area contributed by atoms with Gasteiger partial charge in [-0.1, -0.05) is 79.5 Å². The lowest BCUT2D eigenvalue weighted by molar-refractivity contribution is -0.142. The number of unbranched alkanes of at least 4 members (excludes halogenated alkanes) is 1. The third kappa shape index (κ3) is 8.11. The van der Waals surface area contributed by atoms with Crippen molar-refractivity contribution in [1.29, 1.82) is 0 Å². The summed E-state index contributed by atoms with van der Waals surface area (Å²) in [4.78, 5) is 28.2. The standard InChI is InChI=1S/C28H30ClFN2O3/c1-2-3-16-31-28(34)26(17-21-10-5-4-6-11-21)32(19-22-12-7-8-15-25(22)30)27(33)20-35-24-14-9-13-23(29)18-24/h4-15,18,26H,2-3,16-17,19-20H2,1H3,(H,31,34)/t26-/m1/s1. The van der Waals surface area contributed by atoms with E-state index in [2.05, 4.69) is 5.32 Å². The minimum atomic E-state index is -0.843. The number of hydrogen-bond donors (Lipinski definition) is 1. The van der Waals surface area contributed by atoms with E-state index in [0.717, 1.165) is 18.4 Å². The summed E-state index contributed by atoms with van der Waals surface area (Å²) >= 11 is 6.02. The second kappa shape index (κ2) is 13.5. The highest BCUT2D eigenvalue weighted by Gasteiger charge is 2.31. The van der Waals surface area contributed by atoms with Crippen molar-refractivity contribution in [3.8, 4) is 5.75 Å². The van der Waals surface area contributed by atoms with Crippen molar-refractivity contribution in [2.75, 3.05) is 13.2 Å². The Morgan fingerprint density at radius 2 is 1.77 bits per heavy atom. The van der Waals surface area contributed by atoms with Gasteiger partial charge in [0.05, 0.1) is 0 Å². The molecule has 0 radical (unpaired) electrons. The maximum atomic E-state index is 14.6. The quantitative estimate of drug-likeness (QED) is 0.341. The van der Waals surface area contributed by atoms with Gasteiger partial charge in [0.15, 0.2) is 6.61 Å². The van der Waals surface area contributed by atoms with Gasteiger partial charge in [-0.15, -0.1) is 0 Å². The molecule has 2 amide bonds. The minimum Gasteiger partial charge on any atom is -0.484 e. The number of nitrogens with zero attached hydrogens (tertiary/aromatic N) is 1. The number of hydrogen-bond acceptors (Lipinski definition) is 3. The third-order valence-corrected chi connectivity index (χ3v) is 5.79. The van der Waals surface area contributed by atoms with Crippen LogP contribution < -0.4 is 10.1 Å². The van der Waals surface area contributed by atoms with Gasteiger partial charge >= 0.3 is 0 Å². The van der Waals surface area contributed by atoms with Crippen LogP contribution >= 0.6 is 11.6 Å².